The van der Waals surface area contributed by atoms with Gasteiger partial charge in [-0.25, -0.2) is 4.79 Å². The van der Waals surface area contributed by atoms with Crippen LogP contribution in [0.15, 0.2) is 30.6 Å². The van der Waals surface area contributed by atoms with Gasteiger partial charge in [0.05, 0.1) is 37.6 Å². The molecule has 0 unspecified atom stereocenters. The molecule has 1 fully saturated rings. The fraction of sp³-hybridized carbons (Fsp3) is 0.500. The van der Waals surface area contributed by atoms with Crippen LogP contribution >= 0.6 is 0 Å². The van der Waals surface area contributed by atoms with Crippen LogP contribution in [0.5, 0.6) is 11.5 Å². The Morgan fingerprint density at radius 2 is 1.83 bits per heavy atom. The molecule has 3 aromatic rings. The molecule has 2 atom stereocenters. The minimum absolute atomic E-state index is 0.0514. The number of benzene rings is 1. The summed E-state index contributed by atoms with van der Waals surface area (Å²) in [5, 5.41) is 25.5. The Bertz CT molecular complexity index is 1140. The summed E-state index contributed by atoms with van der Waals surface area (Å²) in [7, 11) is 0. The Hall–Kier alpha value is -3.17. The van der Waals surface area contributed by atoms with Crippen molar-refractivity contribution in [2.45, 2.75) is 71.3 Å². The molecule has 2 aromatic heterocycles. The van der Waals surface area contributed by atoms with Crippen LogP contribution in [-0.2, 0) is 11.3 Å². The van der Waals surface area contributed by atoms with Crippen molar-refractivity contribution < 1.29 is 29.2 Å². The second kappa shape index (κ2) is 11.0. The first-order valence-electron chi connectivity index (χ1n) is 12.2. The highest BCUT2D eigenvalue weighted by atomic mass is 16.5. The van der Waals surface area contributed by atoms with Gasteiger partial charge in [0, 0.05) is 11.8 Å². The molecule has 0 amide bonds. The molecule has 9 nitrogen and oxygen atoms in total. The van der Waals surface area contributed by atoms with Gasteiger partial charge in [0.1, 0.15) is 34.7 Å². The number of aliphatic hydroxyl groups excluding tert-OH is 1. The summed E-state index contributed by atoms with van der Waals surface area (Å²) in [4.78, 5) is 15.9. The van der Waals surface area contributed by atoms with Gasteiger partial charge in [-0.3, -0.25) is 9.67 Å². The molecule has 0 spiro atoms. The Labute approximate surface area is 204 Å². The number of carboxylic acids is 1. The van der Waals surface area contributed by atoms with Crippen LogP contribution in [0.2, 0.25) is 0 Å². The van der Waals surface area contributed by atoms with Crippen molar-refractivity contribution in [2.75, 3.05) is 13.2 Å². The smallest absolute Gasteiger partial charge is 0.338 e. The van der Waals surface area contributed by atoms with E-state index in [1.54, 1.807) is 10.9 Å². The van der Waals surface area contributed by atoms with Crippen LogP contribution in [0.4, 0.5) is 0 Å². The number of hydrogen-bond donors (Lipinski definition) is 2. The van der Waals surface area contributed by atoms with E-state index in [-0.39, 0.29) is 18.2 Å². The first kappa shape index (κ1) is 24.9. The summed E-state index contributed by atoms with van der Waals surface area (Å²) in [6, 6.07) is 5.10. The van der Waals surface area contributed by atoms with Gasteiger partial charge in [0.2, 0.25) is 0 Å². The van der Waals surface area contributed by atoms with E-state index in [1.807, 2.05) is 32.9 Å². The number of nitrogens with zero attached hydrogens (tertiary/aromatic N) is 3. The van der Waals surface area contributed by atoms with E-state index < -0.39 is 18.2 Å². The molecular weight excluding hydrogens is 450 g/mol. The van der Waals surface area contributed by atoms with Crippen molar-refractivity contribution >= 4 is 17.0 Å². The topological polar surface area (TPSA) is 116 Å². The highest BCUT2D eigenvalue weighted by Gasteiger charge is 2.29. The molecule has 2 N–H and O–H groups in total. The normalized spacial score (nSPS) is 15.9. The Morgan fingerprint density at radius 1 is 1.17 bits per heavy atom. The van der Waals surface area contributed by atoms with Gasteiger partial charge in [-0.15, -0.1) is 0 Å². The summed E-state index contributed by atoms with van der Waals surface area (Å²) in [6.07, 6.45) is 5.67. The van der Waals surface area contributed by atoms with E-state index in [1.165, 1.54) is 12.3 Å². The van der Waals surface area contributed by atoms with Crippen molar-refractivity contribution in [3.05, 3.63) is 47.3 Å². The number of fused-ring (bicyclic) bond motifs is 1. The average Bonchev–Trinajstić information content (AvgIpc) is 3.50. The third kappa shape index (κ3) is 5.57. The van der Waals surface area contributed by atoms with E-state index >= 15 is 0 Å². The van der Waals surface area contributed by atoms with Gasteiger partial charge in [-0.05, 0) is 57.4 Å². The molecule has 9 heteroatoms. The molecule has 1 aliphatic carbocycles. The third-order valence-electron chi connectivity index (χ3n) is 6.35. The molecular formula is C26H33N3O6. The van der Waals surface area contributed by atoms with Crippen LogP contribution in [0.1, 0.15) is 67.1 Å². The fourth-order valence-corrected chi connectivity index (χ4v) is 4.59. The van der Waals surface area contributed by atoms with Gasteiger partial charge in [0.15, 0.2) is 0 Å². The number of carbonyl (C=O) groups is 1. The van der Waals surface area contributed by atoms with Gasteiger partial charge in [0.25, 0.3) is 0 Å². The maximum absolute atomic E-state index is 11.6. The molecule has 1 aliphatic rings. The van der Waals surface area contributed by atoms with Gasteiger partial charge < -0.3 is 24.4 Å². The maximum Gasteiger partial charge on any atom is 0.338 e. The number of carboxylic acid groups (broad SMARTS) is 1. The number of ether oxygens (including phenoxy) is 3. The van der Waals surface area contributed by atoms with Gasteiger partial charge in [-0.1, -0.05) is 12.8 Å². The molecule has 0 saturated heterocycles. The number of aromatic carboxylic acids is 1. The second-order valence-electron chi connectivity index (χ2n) is 8.78. The second-order valence-corrected chi connectivity index (χ2v) is 8.78. The van der Waals surface area contributed by atoms with Crippen LogP contribution in [0.3, 0.4) is 0 Å². The summed E-state index contributed by atoms with van der Waals surface area (Å²) in [5.74, 6) is 0.257. The zero-order chi connectivity index (χ0) is 24.9. The lowest BCUT2D eigenvalue weighted by Gasteiger charge is -2.28. The lowest BCUT2D eigenvalue weighted by molar-refractivity contribution is -0.0845. The molecule has 0 bridgehead atoms. The summed E-state index contributed by atoms with van der Waals surface area (Å²) in [6.45, 7) is 6.97. The molecule has 4 rings (SSSR count). The lowest BCUT2D eigenvalue weighted by atomic mass is 10.0. The number of hydrogen-bond acceptors (Lipinski definition) is 7. The first-order valence-corrected chi connectivity index (χ1v) is 12.2. The quantitative estimate of drug-likeness (QED) is 0.415. The van der Waals surface area contributed by atoms with E-state index in [4.69, 9.17) is 14.2 Å². The largest absolute Gasteiger partial charge is 0.493 e. The standard InChI is InChI=1S/C26H33N3O6/c1-4-33-21-12-17(13-22(16(21)3)34-5-2)25(30)23(35-18-8-6-7-9-18)15-29-14-20-24(28-29)19(26(31)32)10-11-27-20/h10-14,18,23,25,30H,4-9,15H2,1-3H3,(H,31,32)/t23-,25+/m0/s1. The van der Waals surface area contributed by atoms with Gasteiger partial charge >= 0.3 is 5.97 Å². The predicted molar refractivity (Wildman–Crippen MR) is 130 cm³/mol. The molecule has 1 aromatic carbocycles. The van der Waals surface area contributed by atoms with E-state index in [2.05, 4.69) is 10.1 Å². The van der Waals surface area contributed by atoms with Crippen molar-refractivity contribution in [1.29, 1.82) is 0 Å². The maximum atomic E-state index is 11.6. The molecule has 2 heterocycles. The van der Waals surface area contributed by atoms with Crippen LogP contribution < -0.4 is 9.47 Å². The van der Waals surface area contributed by atoms with E-state index in [9.17, 15) is 15.0 Å². The Morgan fingerprint density at radius 3 is 2.43 bits per heavy atom. The average molecular weight is 484 g/mol. The predicted octanol–water partition coefficient (Wildman–Crippen LogP) is 4.30. The fourth-order valence-electron chi connectivity index (χ4n) is 4.59. The molecule has 0 radical (unpaired) electrons. The zero-order valence-electron chi connectivity index (χ0n) is 20.4. The molecule has 0 aliphatic heterocycles. The highest BCUT2D eigenvalue weighted by Crippen LogP contribution is 2.35. The summed E-state index contributed by atoms with van der Waals surface area (Å²) in [5.41, 5.74) is 2.38. The monoisotopic (exact) mass is 483 g/mol. The van der Waals surface area contributed by atoms with Crippen LogP contribution in [0.25, 0.3) is 11.0 Å². The summed E-state index contributed by atoms with van der Waals surface area (Å²) >= 11 is 0. The van der Waals surface area contributed by atoms with E-state index in [0.29, 0.717) is 41.3 Å². The zero-order valence-corrected chi connectivity index (χ0v) is 20.4. The lowest BCUT2D eigenvalue weighted by Crippen LogP contribution is -2.31. The van der Waals surface area contributed by atoms with Gasteiger partial charge in [-0.2, -0.15) is 5.10 Å². The molecule has 188 valence electrons. The number of aromatic nitrogens is 3. The number of aliphatic hydroxyl groups is 1. The van der Waals surface area contributed by atoms with Crippen LogP contribution in [0, 0.1) is 6.92 Å². The van der Waals surface area contributed by atoms with Crippen molar-refractivity contribution in [2.24, 2.45) is 0 Å². The Balaban J connectivity index is 1.68. The van der Waals surface area contributed by atoms with E-state index in [0.717, 1.165) is 31.2 Å². The minimum Gasteiger partial charge on any atom is -0.493 e. The number of pyridine rings is 1. The van der Waals surface area contributed by atoms with Crippen molar-refractivity contribution in [3.8, 4) is 11.5 Å². The third-order valence-corrected chi connectivity index (χ3v) is 6.35. The molecule has 35 heavy (non-hydrogen) atoms. The van der Waals surface area contributed by atoms with Crippen molar-refractivity contribution in [3.63, 3.8) is 0 Å². The number of rotatable bonds is 11. The van der Waals surface area contributed by atoms with Crippen LogP contribution in [-0.4, -0.2) is 56.4 Å². The Kier molecular flexibility index (Phi) is 7.87. The highest BCUT2D eigenvalue weighted by molar-refractivity contribution is 6.00. The molecule has 1 saturated carbocycles. The van der Waals surface area contributed by atoms with Crippen molar-refractivity contribution in [1.82, 2.24) is 14.8 Å². The summed E-state index contributed by atoms with van der Waals surface area (Å²) < 4.78 is 19.6. The minimum atomic E-state index is -1.06. The first-order chi connectivity index (χ1) is 16.9. The SMILES string of the molecule is CCOc1cc([C@@H](O)[C@H](Cn2cc3nccc(C(=O)O)c3n2)OC2CCCC2)cc(OCC)c1C.